The van der Waals surface area contributed by atoms with Gasteiger partial charge in [-0.1, -0.05) is 12.1 Å². The molecule has 1 aromatic heterocycles. The summed E-state index contributed by atoms with van der Waals surface area (Å²) in [6.07, 6.45) is 1.66. The average Bonchev–Trinajstić information content (AvgIpc) is 3.06. The molecule has 0 radical (unpaired) electrons. The minimum Gasteiger partial charge on any atom is -0.357 e. The molecular formula is C19H28IN5OS. The summed E-state index contributed by atoms with van der Waals surface area (Å²) in [5.74, 6) is 0.744. The quantitative estimate of drug-likeness (QED) is 0.296. The van der Waals surface area contributed by atoms with Crippen molar-refractivity contribution < 1.29 is 4.79 Å². The Balaban J connectivity index is 0.00000364. The van der Waals surface area contributed by atoms with Crippen molar-refractivity contribution in [2.75, 3.05) is 26.7 Å². The molecule has 2 aromatic rings. The third-order valence-electron chi connectivity index (χ3n) is 3.77. The number of aryl methyl sites for hydroxylation is 1. The zero-order valence-electron chi connectivity index (χ0n) is 16.0. The highest BCUT2D eigenvalue weighted by Crippen LogP contribution is 2.08. The smallest absolute Gasteiger partial charge is 0.251 e. The molecule has 6 nitrogen and oxygen atoms in total. The van der Waals surface area contributed by atoms with Crippen molar-refractivity contribution in [2.24, 2.45) is 4.99 Å². The second-order valence-corrected chi connectivity index (χ2v) is 6.89. The van der Waals surface area contributed by atoms with Gasteiger partial charge in [0, 0.05) is 44.0 Å². The molecule has 27 heavy (non-hydrogen) atoms. The Morgan fingerprint density at radius 2 is 2.07 bits per heavy atom. The highest BCUT2D eigenvalue weighted by molar-refractivity contribution is 14.0. The molecule has 2 rings (SSSR count). The Bertz CT molecular complexity index is 747. The van der Waals surface area contributed by atoms with Gasteiger partial charge in [0.25, 0.3) is 5.91 Å². The first-order valence-electron chi connectivity index (χ1n) is 8.86. The lowest BCUT2D eigenvalue weighted by atomic mass is 10.1. The van der Waals surface area contributed by atoms with Gasteiger partial charge in [-0.2, -0.15) is 0 Å². The molecule has 0 spiro atoms. The fourth-order valence-electron chi connectivity index (χ4n) is 2.48. The number of thiazole rings is 1. The number of rotatable bonds is 8. The summed E-state index contributed by atoms with van der Waals surface area (Å²) < 4.78 is 0. The van der Waals surface area contributed by atoms with Crippen molar-refractivity contribution >= 4 is 47.2 Å². The molecule has 0 fully saturated rings. The molecule has 8 heteroatoms. The number of hydrogen-bond acceptors (Lipinski definition) is 4. The molecule has 1 aromatic carbocycles. The molecule has 0 bridgehead atoms. The monoisotopic (exact) mass is 501 g/mol. The number of aliphatic imine (C=N–C) groups is 1. The third-order valence-corrected chi connectivity index (χ3v) is 4.59. The molecule has 0 aliphatic rings. The molecular weight excluding hydrogens is 473 g/mol. The number of nitrogens with zero attached hydrogens (tertiary/aromatic N) is 2. The van der Waals surface area contributed by atoms with E-state index >= 15 is 0 Å². The maximum atomic E-state index is 11.7. The third kappa shape index (κ3) is 8.25. The average molecular weight is 501 g/mol. The Hall–Kier alpha value is -1.68. The van der Waals surface area contributed by atoms with Crippen LogP contribution in [0.25, 0.3) is 0 Å². The summed E-state index contributed by atoms with van der Waals surface area (Å²) in [5.41, 5.74) is 2.90. The van der Waals surface area contributed by atoms with E-state index in [2.05, 4.69) is 31.3 Å². The second kappa shape index (κ2) is 12.7. The van der Waals surface area contributed by atoms with Crippen LogP contribution in [0, 0.1) is 6.92 Å². The zero-order valence-corrected chi connectivity index (χ0v) is 19.2. The molecule has 3 N–H and O–H groups in total. The number of nitrogens with one attached hydrogen (secondary N) is 3. The van der Waals surface area contributed by atoms with Gasteiger partial charge >= 0.3 is 0 Å². The van der Waals surface area contributed by atoms with Crippen molar-refractivity contribution in [2.45, 2.75) is 26.7 Å². The Morgan fingerprint density at radius 3 is 2.74 bits per heavy atom. The second-order valence-electron chi connectivity index (χ2n) is 5.82. The van der Waals surface area contributed by atoms with Crippen LogP contribution < -0.4 is 16.0 Å². The topological polar surface area (TPSA) is 78.4 Å². The number of halogens is 1. The van der Waals surface area contributed by atoms with Crippen LogP contribution >= 0.6 is 35.3 Å². The van der Waals surface area contributed by atoms with E-state index in [9.17, 15) is 4.79 Å². The van der Waals surface area contributed by atoms with E-state index in [1.807, 2.05) is 38.1 Å². The van der Waals surface area contributed by atoms with Crippen LogP contribution in [-0.2, 0) is 12.8 Å². The van der Waals surface area contributed by atoms with Gasteiger partial charge < -0.3 is 16.0 Å². The SMILES string of the molecule is CCNC(=NCCc1csc(C)n1)NCCc1cccc(C(=O)NC)c1.I. The van der Waals surface area contributed by atoms with E-state index in [-0.39, 0.29) is 29.9 Å². The summed E-state index contributed by atoms with van der Waals surface area (Å²) in [4.78, 5) is 20.8. The molecule has 0 aliphatic carbocycles. The summed E-state index contributed by atoms with van der Waals surface area (Å²) >= 11 is 1.67. The van der Waals surface area contributed by atoms with Gasteiger partial charge in [0.1, 0.15) is 0 Å². The van der Waals surface area contributed by atoms with Gasteiger partial charge in [-0.3, -0.25) is 9.79 Å². The normalized spacial score (nSPS) is 10.9. The fourth-order valence-corrected chi connectivity index (χ4v) is 3.13. The van der Waals surface area contributed by atoms with Gasteiger partial charge in [0.2, 0.25) is 0 Å². The summed E-state index contributed by atoms with van der Waals surface area (Å²) in [6.45, 7) is 6.33. The highest BCUT2D eigenvalue weighted by atomic mass is 127. The number of guanidine groups is 1. The first-order valence-corrected chi connectivity index (χ1v) is 9.74. The standard InChI is InChI=1S/C19H27N5OS.HI/c1-4-21-19(23-11-9-17-13-26-14(2)24-17)22-10-8-15-6-5-7-16(12-15)18(25)20-3;/h5-7,12-13H,4,8-11H2,1-3H3,(H,20,25)(H2,21,22,23);1H. The molecule has 0 aliphatic heterocycles. The molecule has 1 heterocycles. The maximum absolute atomic E-state index is 11.7. The van der Waals surface area contributed by atoms with Gasteiger partial charge in [-0.25, -0.2) is 4.98 Å². The summed E-state index contributed by atoms with van der Waals surface area (Å²) in [6, 6.07) is 7.69. The lowest BCUT2D eigenvalue weighted by Crippen LogP contribution is -2.38. The zero-order chi connectivity index (χ0) is 18.8. The van der Waals surface area contributed by atoms with Crippen LogP contribution in [0.1, 0.15) is 33.5 Å². The maximum Gasteiger partial charge on any atom is 0.251 e. The van der Waals surface area contributed by atoms with Crippen LogP contribution in [0.4, 0.5) is 0 Å². The predicted octanol–water partition coefficient (Wildman–Crippen LogP) is 2.77. The minimum atomic E-state index is -0.0630. The minimum absolute atomic E-state index is 0. The number of aromatic nitrogens is 1. The number of benzene rings is 1. The van der Waals surface area contributed by atoms with Crippen LogP contribution in [0.5, 0.6) is 0 Å². The van der Waals surface area contributed by atoms with Crippen molar-refractivity contribution in [3.63, 3.8) is 0 Å². The Kier molecular flexibility index (Phi) is 11.0. The predicted molar refractivity (Wildman–Crippen MR) is 123 cm³/mol. The van der Waals surface area contributed by atoms with E-state index in [0.29, 0.717) is 12.1 Å². The molecule has 0 saturated carbocycles. The van der Waals surface area contributed by atoms with Crippen molar-refractivity contribution in [1.82, 2.24) is 20.9 Å². The fraction of sp³-hybridized carbons (Fsp3) is 0.421. The van der Waals surface area contributed by atoms with Crippen LogP contribution in [0.3, 0.4) is 0 Å². The van der Waals surface area contributed by atoms with Crippen molar-refractivity contribution in [3.05, 3.63) is 51.5 Å². The van der Waals surface area contributed by atoms with Crippen molar-refractivity contribution in [1.29, 1.82) is 0 Å². The van der Waals surface area contributed by atoms with Gasteiger partial charge in [0.05, 0.1) is 10.7 Å². The molecule has 1 amide bonds. The lowest BCUT2D eigenvalue weighted by molar-refractivity contribution is 0.0963. The van der Waals surface area contributed by atoms with Crippen LogP contribution in [-0.4, -0.2) is 43.5 Å². The summed E-state index contributed by atoms with van der Waals surface area (Å²) in [5, 5.41) is 12.4. The highest BCUT2D eigenvalue weighted by Gasteiger charge is 2.04. The Labute approximate surface area is 182 Å². The number of carbonyl (C=O) groups is 1. The first-order chi connectivity index (χ1) is 12.6. The first kappa shape index (κ1) is 23.4. The largest absolute Gasteiger partial charge is 0.357 e. The summed E-state index contributed by atoms with van der Waals surface area (Å²) in [7, 11) is 1.64. The van der Waals surface area contributed by atoms with Crippen LogP contribution in [0.2, 0.25) is 0 Å². The molecule has 0 saturated heterocycles. The number of carbonyl (C=O) groups excluding carboxylic acids is 1. The number of amides is 1. The van der Waals surface area contributed by atoms with Crippen LogP contribution in [0.15, 0.2) is 34.6 Å². The van der Waals surface area contributed by atoms with E-state index in [1.54, 1.807) is 18.4 Å². The Morgan fingerprint density at radius 1 is 1.26 bits per heavy atom. The number of hydrogen-bond donors (Lipinski definition) is 3. The van der Waals surface area contributed by atoms with Gasteiger partial charge in [-0.05, 0) is 38.0 Å². The van der Waals surface area contributed by atoms with Gasteiger partial charge in [-0.15, -0.1) is 35.3 Å². The van der Waals surface area contributed by atoms with E-state index in [4.69, 9.17) is 0 Å². The van der Waals surface area contributed by atoms with E-state index in [0.717, 1.165) is 48.2 Å². The molecule has 0 unspecified atom stereocenters. The van der Waals surface area contributed by atoms with Crippen molar-refractivity contribution in [3.8, 4) is 0 Å². The van der Waals surface area contributed by atoms with Gasteiger partial charge in [0.15, 0.2) is 5.96 Å². The molecule has 148 valence electrons. The lowest BCUT2D eigenvalue weighted by Gasteiger charge is -2.11. The molecule has 0 atom stereocenters. The van der Waals surface area contributed by atoms with E-state index < -0.39 is 0 Å². The van der Waals surface area contributed by atoms with E-state index in [1.165, 1.54) is 0 Å².